The molecule has 0 aromatic heterocycles. The average Bonchev–Trinajstić information content (AvgIpc) is 3.32. The standard InChI is InChI=1S/C60H115NO5/c1-3-5-7-9-11-13-15-17-19-21-22-23-25-30-34-38-42-46-50-54-60(65)66-55-51-47-43-39-35-31-27-26-29-33-37-41-45-49-53-59(64)61-57(56-62)58(63)52-48-44-40-36-32-28-24-20-18-16-14-12-10-8-6-4-2/h17,19,48,52,57-58,62-63H,3-16,18,20-47,49-51,53-56H2,1-2H3,(H,61,64)/b19-17-,52-48+. The molecule has 0 saturated heterocycles. The summed E-state index contributed by atoms with van der Waals surface area (Å²) in [4.78, 5) is 24.6. The van der Waals surface area contributed by atoms with Crippen LogP contribution in [0.4, 0.5) is 0 Å². The molecule has 2 unspecified atom stereocenters. The van der Waals surface area contributed by atoms with Crippen LogP contribution in [0.1, 0.15) is 322 Å². The van der Waals surface area contributed by atoms with Crippen LogP contribution in [0.3, 0.4) is 0 Å². The van der Waals surface area contributed by atoms with Crippen LogP contribution >= 0.6 is 0 Å². The van der Waals surface area contributed by atoms with Crippen molar-refractivity contribution < 1.29 is 24.5 Å². The number of carbonyl (C=O) groups excluding carboxylic acids is 2. The molecule has 6 nitrogen and oxygen atoms in total. The Balaban J connectivity index is 3.44. The molecule has 390 valence electrons. The summed E-state index contributed by atoms with van der Waals surface area (Å²) in [6.45, 7) is 4.89. The quantitative estimate of drug-likeness (QED) is 0.0321. The lowest BCUT2D eigenvalue weighted by atomic mass is 10.0. The van der Waals surface area contributed by atoms with E-state index in [4.69, 9.17) is 4.74 Å². The Morgan fingerprint density at radius 1 is 0.409 bits per heavy atom. The predicted octanol–water partition coefficient (Wildman–Crippen LogP) is 18.2. The highest BCUT2D eigenvalue weighted by Gasteiger charge is 2.18. The van der Waals surface area contributed by atoms with Crippen LogP contribution in [0.2, 0.25) is 0 Å². The van der Waals surface area contributed by atoms with Crippen LogP contribution in [0.5, 0.6) is 0 Å². The van der Waals surface area contributed by atoms with E-state index in [0.717, 1.165) is 57.8 Å². The van der Waals surface area contributed by atoms with Crippen LogP contribution in [0.15, 0.2) is 24.3 Å². The third kappa shape index (κ3) is 51.7. The molecule has 3 N–H and O–H groups in total. The minimum Gasteiger partial charge on any atom is -0.466 e. The largest absolute Gasteiger partial charge is 0.466 e. The Morgan fingerprint density at radius 2 is 0.712 bits per heavy atom. The van der Waals surface area contributed by atoms with Crippen molar-refractivity contribution in [2.45, 2.75) is 334 Å². The van der Waals surface area contributed by atoms with Gasteiger partial charge in [0.25, 0.3) is 0 Å². The van der Waals surface area contributed by atoms with Gasteiger partial charge in [-0.25, -0.2) is 0 Å². The van der Waals surface area contributed by atoms with Gasteiger partial charge in [0, 0.05) is 12.8 Å². The molecule has 66 heavy (non-hydrogen) atoms. The smallest absolute Gasteiger partial charge is 0.305 e. The molecule has 0 aliphatic rings. The SMILES string of the molecule is CCCCCCCC/C=C\CCCCCCCCCCCC(=O)OCCCCCCCCCCCCCCCCC(=O)NC(CO)C(O)/C=C/CCCCCCCCCCCCCCCC. The molecule has 1 amide bonds. The molecule has 0 fully saturated rings. The number of allylic oxidation sites excluding steroid dienone is 3. The zero-order chi connectivity index (χ0) is 47.9. The second-order valence-electron chi connectivity index (χ2n) is 20.3. The van der Waals surface area contributed by atoms with Gasteiger partial charge in [0.2, 0.25) is 5.91 Å². The maximum atomic E-state index is 12.5. The summed E-state index contributed by atoms with van der Waals surface area (Å²) in [5, 5.41) is 23.1. The first-order valence-electron chi connectivity index (χ1n) is 29.6. The first-order chi connectivity index (χ1) is 32.5. The highest BCUT2D eigenvalue weighted by molar-refractivity contribution is 5.76. The maximum Gasteiger partial charge on any atom is 0.305 e. The lowest BCUT2D eigenvalue weighted by Gasteiger charge is -2.20. The van der Waals surface area contributed by atoms with E-state index in [-0.39, 0.29) is 18.5 Å². The topological polar surface area (TPSA) is 95.9 Å². The first-order valence-corrected chi connectivity index (χ1v) is 29.6. The average molecular weight is 931 g/mol. The molecule has 0 aromatic carbocycles. The molecule has 0 heterocycles. The van der Waals surface area contributed by atoms with Crippen molar-refractivity contribution in [1.29, 1.82) is 0 Å². The maximum absolute atomic E-state index is 12.5. The normalized spacial score (nSPS) is 12.7. The minimum absolute atomic E-state index is 0.00349. The van der Waals surface area contributed by atoms with E-state index in [2.05, 4.69) is 31.3 Å². The molecule has 0 radical (unpaired) electrons. The van der Waals surface area contributed by atoms with Crippen molar-refractivity contribution in [2.75, 3.05) is 13.2 Å². The number of nitrogens with one attached hydrogen (secondary N) is 1. The molecular formula is C60H115NO5. The Kier molecular flexibility index (Phi) is 54.5. The van der Waals surface area contributed by atoms with Crippen LogP contribution in [-0.4, -0.2) is 47.4 Å². The van der Waals surface area contributed by atoms with E-state index < -0.39 is 12.1 Å². The third-order valence-electron chi connectivity index (χ3n) is 13.7. The van der Waals surface area contributed by atoms with Crippen molar-refractivity contribution in [1.82, 2.24) is 5.32 Å². The Morgan fingerprint density at radius 3 is 1.08 bits per heavy atom. The zero-order valence-corrected chi connectivity index (χ0v) is 44.4. The Hall–Kier alpha value is -1.66. The van der Waals surface area contributed by atoms with Crippen LogP contribution in [0.25, 0.3) is 0 Å². The molecule has 0 spiro atoms. The third-order valence-corrected chi connectivity index (χ3v) is 13.7. The molecule has 0 aliphatic carbocycles. The van der Waals surface area contributed by atoms with Gasteiger partial charge in [-0.1, -0.05) is 276 Å². The van der Waals surface area contributed by atoms with E-state index in [1.165, 1.54) is 238 Å². The number of carbonyl (C=O) groups is 2. The van der Waals surface area contributed by atoms with Gasteiger partial charge in [-0.3, -0.25) is 9.59 Å². The number of hydrogen-bond donors (Lipinski definition) is 3. The Labute approximate surface area is 411 Å². The highest BCUT2D eigenvalue weighted by atomic mass is 16.5. The number of amides is 1. The van der Waals surface area contributed by atoms with Crippen molar-refractivity contribution >= 4 is 11.9 Å². The summed E-state index contributed by atoms with van der Waals surface area (Å²) in [5.74, 6) is -0.0802. The molecule has 0 rings (SSSR count). The van der Waals surface area contributed by atoms with Gasteiger partial charge >= 0.3 is 5.97 Å². The summed E-state index contributed by atoms with van der Waals surface area (Å²) in [5.41, 5.74) is 0. The summed E-state index contributed by atoms with van der Waals surface area (Å²) in [6.07, 6.45) is 67.7. The number of esters is 1. The number of rotatable bonds is 55. The van der Waals surface area contributed by atoms with Crippen molar-refractivity contribution in [3.63, 3.8) is 0 Å². The van der Waals surface area contributed by atoms with Gasteiger partial charge in [-0.15, -0.1) is 0 Å². The summed E-state index contributed by atoms with van der Waals surface area (Å²) < 4.78 is 5.49. The fourth-order valence-electron chi connectivity index (χ4n) is 9.16. The van der Waals surface area contributed by atoms with E-state index in [1.54, 1.807) is 6.08 Å². The monoisotopic (exact) mass is 930 g/mol. The van der Waals surface area contributed by atoms with Crippen molar-refractivity contribution in [3.05, 3.63) is 24.3 Å². The van der Waals surface area contributed by atoms with Gasteiger partial charge < -0.3 is 20.3 Å². The van der Waals surface area contributed by atoms with Gasteiger partial charge in [-0.05, 0) is 57.8 Å². The first kappa shape index (κ1) is 64.3. The number of aliphatic hydroxyl groups excluding tert-OH is 2. The molecule has 6 heteroatoms. The van der Waals surface area contributed by atoms with E-state index in [0.29, 0.717) is 19.4 Å². The molecule has 0 aliphatic heterocycles. The van der Waals surface area contributed by atoms with Crippen molar-refractivity contribution in [3.8, 4) is 0 Å². The molecule has 2 atom stereocenters. The fourth-order valence-corrected chi connectivity index (χ4v) is 9.16. The van der Waals surface area contributed by atoms with Gasteiger partial charge in [0.1, 0.15) is 0 Å². The van der Waals surface area contributed by atoms with Gasteiger partial charge in [0.15, 0.2) is 0 Å². The zero-order valence-electron chi connectivity index (χ0n) is 44.4. The molecule has 0 aromatic rings. The highest BCUT2D eigenvalue weighted by Crippen LogP contribution is 2.17. The minimum atomic E-state index is -0.851. The van der Waals surface area contributed by atoms with Crippen molar-refractivity contribution in [2.24, 2.45) is 0 Å². The van der Waals surface area contributed by atoms with E-state index in [1.807, 2.05) is 6.08 Å². The summed E-state index contributed by atoms with van der Waals surface area (Å²) >= 11 is 0. The summed E-state index contributed by atoms with van der Waals surface area (Å²) in [6, 6.07) is -0.636. The number of hydrogen-bond acceptors (Lipinski definition) is 5. The number of unbranched alkanes of at least 4 members (excludes halogenated alkanes) is 42. The van der Waals surface area contributed by atoms with Crippen LogP contribution in [-0.2, 0) is 14.3 Å². The predicted molar refractivity (Wildman–Crippen MR) is 287 cm³/mol. The van der Waals surface area contributed by atoms with Gasteiger partial charge in [0.05, 0.1) is 25.4 Å². The fraction of sp³-hybridized carbons (Fsp3) is 0.900. The summed E-state index contributed by atoms with van der Waals surface area (Å²) in [7, 11) is 0. The lowest BCUT2D eigenvalue weighted by molar-refractivity contribution is -0.143. The molecular weight excluding hydrogens is 815 g/mol. The van der Waals surface area contributed by atoms with Crippen LogP contribution < -0.4 is 5.32 Å². The Bertz CT molecular complexity index is 1030. The van der Waals surface area contributed by atoms with Gasteiger partial charge in [-0.2, -0.15) is 0 Å². The second kappa shape index (κ2) is 55.9. The number of aliphatic hydroxyl groups is 2. The molecule has 0 saturated carbocycles. The van der Waals surface area contributed by atoms with Crippen LogP contribution in [0, 0.1) is 0 Å². The van der Waals surface area contributed by atoms with E-state index in [9.17, 15) is 19.8 Å². The lowest BCUT2D eigenvalue weighted by Crippen LogP contribution is -2.45. The molecule has 0 bridgehead atoms. The second-order valence-corrected chi connectivity index (χ2v) is 20.3. The number of ether oxygens (including phenoxy) is 1. The van der Waals surface area contributed by atoms with E-state index >= 15 is 0 Å².